The first-order valence-electron chi connectivity index (χ1n) is 7.06. The predicted molar refractivity (Wildman–Crippen MR) is 81.5 cm³/mol. The van der Waals surface area contributed by atoms with Gasteiger partial charge in [-0.1, -0.05) is 6.92 Å². The summed E-state index contributed by atoms with van der Waals surface area (Å²) in [6.07, 6.45) is 7.95. The van der Waals surface area contributed by atoms with Crippen LogP contribution in [0.15, 0.2) is 24.0 Å². The minimum Gasteiger partial charge on any atom is -0.315 e. The summed E-state index contributed by atoms with van der Waals surface area (Å²) < 4.78 is 0. The second-order valence-electron chi connectivity index (χ2n) is 5.02. The van der Waals surface area contributed by atoms with Gasteiger partial charge in [-0.15, -0.1) is 11.3 Å². The molecule has 20 heavy (non-hydrogen) atoms. The van der Waals surface area contributed by atoms with E-state index < -0.39 is 0 Å². The Bertz CT molecular complexity index is 525. The van der Waals surface area contributed by atoms with Crippen LogP contribution in [0.1, 0.15) is 31.4 Å². The van der Waals surface area contributed by atoms with Gasteiger partial charge in [0.2, 0.25) is 0 Å². The average Bonchev–Trinajstić information content (AvgIpc) is 3.01. The van der Waals surface area contributed by atoms with Crippen molar-refractivity contribution in [2.24, 2.45) is 0 Å². The molecule has 3 heterocycles. The Labute approximate surface area is 123 Å². The van der Waals surface area contributed by atoms with Gasteiger partial charge < -0.3 is 10.2 Å². The van der Waals surface area contributed by atoms with E-state index in [1.807, 2.05) is 17.8 Å². The maximum atomic E-state index is 4.58. The van der Waals surface area contributed by atoms with E-state index in [9.17, 15) is 0 Å². The van der Waals surface area contributed by atoms with Gasteiger partial charge in [-0.25, -0.2) is 9.97 Å². The van der Waals surface area contributed by atoms with Gasteiger partial charge in [0.05, 0.1) is 18.1 Å². The van der Waals surface area contributed by atoms with E-state index in [0.717, 1.165) is 29.7 Å². The van der Waals surface area contributed by atoms with Crippen molar-refractivity contribution in [1.82, 2.24) is 19.9 Å². The van der Waals surface area contributed by atoms with Crippen LogP contribution < -0.4 is 5.32 Å². The summed E-state index contributed by atoms with van der Waals surface area (Å²) in [6.45, 7) is 5.65. The monoisotopic (exact) mass is 289 g/mol. The molecule has 1 N–H and O–H groups in total. The second kappa shape index (κ2) is 6.28. The molecule has 3 rings (SSSR count). The van der Waals surface area contributed by atoms with Gasteiger partial charge in [-0.2, -0.15) is 0 Å². The van der Waals surface area contributed by atoms with Crippen molar-refractivity contribution >= 4 is 22.3 Å². The minimum atomic E-state index is 0.519. The Morgan fingerprint density at radius 2 is 2.30 bits per heavy atom. The number of thiazole rings is 1. The van der Waals surface area contributed by atoms with Gasteiger partial charge in [0.1, 0.15) is 0 Å². The third-order valence-corrected chi connectivity index (χ3v) is 4.40. The van der Waals surface area contributed by atoms with Crippen LogP contribution in [-0.2, 0) is 0 Å². The molecule has 0 amide bonds. The number of likely N-dealkylation sites (N-methyl/N-ethyl adjacent to an activating group) is 1. The molecule has 0 aliphatic carbocycles. The maximum absolute atomic E-state index is 4.58. The molecule has 106 valence electrons. The predicted octanol–water partition coefficient (Wildman–Crippen LogP) is 2.88. The molecular weight excluding hydrogens is 270 g/mol. The Morgan fingerprint density at radius 3 is 3.00 bits per heavy atom. The highest BCUT2D eigenvalue weighted by Crippen LogP contribution is 2.25. The Hall–Kier alpha value is -1.53. The summed E-state index contributed by atoms with van der Waals surface area (Å²) in [6, 6.07) is 0. The smallest absolute Gasteiger partial charge is 0.188 e. The molecule has 0 saturated carbocycles. The van der Waals surface area contributed by atoms with Crippen molar-refractivity contribution in [2.45, 2.75) is 25.7 Å². The molecule has 5 nitrogen and oxygen atoms in total. The van der Waals surface area contributed by atoms with Gasteiger partial charge >= 0.3 is 0 Å². The van der Waals surface area contributed by atoms with Crippen LogP contribution in [0.3, 0.4) is 0 Å². The lowest BCUT2D eigenvalue weighted by Gasteiger charge is -2.31. The maximum Gasteiger partial charge on any atom is 0.188 e. The molecule has 1 atom stereocenters. The zero-order valence-electron chi connectivity index (χ0n) is 11.6. The average molecular weight is 289 g/mol. The number of nitrogens with zero attached hydrogens (tertiary/aromatic N) is 4. The number of rotatable bonds is 4. The van der Waals surface area contributed by atoms with Gasteiger partial charge in [0.15, 0.2) is 10.9 Å². The summed E-state index contributed by atoms with van der Waals surface area (Å²) in [4.78, 5) is 15.7. The largest absolute Gasteiger partial charge is 0.315 e. The number of anilines is 2. The first kappa shape index (κ1) is 13.5. The zero-order valence-corrected chi connectivity index (χ0v) is 12.4. The standard InChI is InChI=1S/C14H19N5S/c1-2-19-6-3-4-11(10-19)12-8-17-13(9-16-12)18-14-15-5-7-20-14/h5,7-9,11H,2-4,6,10H2,1H3,(H,15,17,18). The number of piperidine rings is 1. The third kappa shape index (κ3) is 3.13. The highest BCUT2D eigenvalue weighted by Gasteiger charge is 2.21. The molecule has 0 aromatic carbocycles. The summed E-state index contributed by atoms with van der Waals surface area (Å²) >= 11 is 1.56. The minimum absolute atomic E-state index is 0.519. The van der Waals surface area contributed by atoms with E-state index >= 15 is 0 Å². The molecule has 0 radical (unpaired) electrons. The second-order valence-corrected chi connectivity index (χ2v) is 5.92. The quantitative estimate of drug-likeness (QED) is 0.938. The number of likely N-dealkylation sites (tertiary alicyclic amines) is 1. The molecular formula is C14H19N5S. The fourth-order valence-electron chi connectivity index (χ4n) is 2.59. The van der Waals surface area contributed by atoms with Crippen LogP contribution in [0.25, 0.3) is 0 Å². The van der Waals surface area contributed by atoms with E-state index in [1.165, 1.54) is 19.4 Å². The lowest BCUT2D eigenvalue weighted by Crippen LogP contribution is -2.34. The summed E-state index contributed by atoms with van der Waals surface area (Å²) in [5.74, 6) is 1.27. The zero-order chi connectivity index (χ0) is 13.8. The number of hydrogen-bond acceptors (Lipinski definition) is 6. The third-order valence-electron chi connectivity index (χ3n) is 3.71. The lowest BCUT2D eigenvalue weighted by molar-refractivity contribution is 0.216. The van der Waals surface area contributed by atoms with Crippen LogP contribution in [0.4, 0.5) is 10.9 Å². The first-order chi connectivity index (χ1) is 9.85. The van der Waals surface area contributed by atoms with E-state index in [2.05, 4.69) is 32.1 Å². The lowest BCUT2D eigenvalue weighted by atomic mass is 9.95. The SMILES string of the molecule is CCN1CCCC(c2cnc(Nc3nccs3)cn2)C1. The summed E-state index contributed by atoms with van der Waals surface area (Å²) in [5.41, 5.74) is 1.10. The first-order valence-corrected chi connectivity index (χ1v) is 7.94. The molecule has 1 aliphatic rings. The number of aromatic nitrogens is 3. The van der Waals surface area contributed by atoms with Crippen LogP contribution in [-0.4, -0.2) is 39.5 Å². The van der Waals surface area contributed by atoms with Gasteiger partial charge in [-0.3, -0.25) is 4.98 Å². The molecule has 0 spiro atoms. The van der Waals surface area contributed by atoms with E-state index in [4.69, 9.17) is 0 Å². The molecule has 1 fully saturated rings. The number of hydrogen-bond donors (Lipinski definition) is 1. The van der Waals surface area contributed by atoms with Crippen molar-refractivity contribution in [3.05, 3.63) is 29.7 Å². The van der Waals surface area contributed by atoms with Gasteiger partial charge in [0.25, 0.3) is 0 Å². The van der Waals surface area contributed by atoms with E-state index in [1.54, 1.807) is 17.5 Å². The highest BCUT2D eigenvalue weighted by molar-refractivity contribution is 7.13. The molecule has 2 aromatic rings. The van der Waals surface area contributed by atoms with Crippen molar-refractivity contribution in [2.75, 3.05) is 25.0 Å². The van der Waals surface area contributed by atoms with Crippen LogP contribution >= 0.6 is 11.3 Å². The molecule has 6 heteroatoms. The fraction of sp³-hybridized carbons (Fsp3) is 0.500. The summed E-state index contributed by atoms with van der Waals surface area (Å²) in [5, 5.41) is 5.94. The van der Waals surface area contributed by atoms with Crippen LogP contribution in [0, 0.1) is 0 Å². The van der Waals surface area contributed by atoms with Crippen LogP contribution in [0.2, 0.25) is 0 Å². The highest BCUT2D eigenvalue weighted by atomic mass is 32.1. The normalized spacial score (nSPS) is 19.9. The van der Waals surface area contributed by atoms with E-state index in [-0.39, 0.29) is 0 Å². The Balaban J connectivity index is 1.66. The van der Waals surface area contributed by atoms with Crippen molar-refractivity contribution < 1.29 is 0 Å². The molecule has 1 unspecified atom stereocenters. The Morgan fingerprint density at radius 1 is 1.35 bits per heavy atom. The fourth-order valence-corrected chi connectivity index (χ4v) is 3.13. The van der Waals surface area contributed by atoms with Crippen molar-refractivity contribution in [1.29, 1.82) is 0 Å². The van der Waals surface area contributed by atoms with Crippen LogP contribution in [0.5, 0.6) is 0 Å². The van der Waals surface area contributed by atoms with Gasteiger partial charge in [0, 0.05) is 24.0 Å². The molecule has 0 bridgehead atoms. The molecule has 1 saturated heterocycles. The van der Waals surface area contributed by atoms with Crippen molar-refractivity contribution in [3.8, 4) is 0 Å². The Kier molecular flexibility index (Phi) is 4.22. The topological polar surface area (TPSA) is 53.9 Å². The summed E-state index contributed by atoms with van der Waals surface area (Å²) in [7, 11) is 0. The molecule has 1 aliphatic heterocycles. The molecule has 2 aromatic heterocycles. The van der Waals surface area contributed by atoms with Crippen molar-refractivity contribution in [3.63, 3.8) is 0 Å². The van der Waals surface area contributed by atoms with Gasteiger partial charge in [-0.05, 0) is 25.9 Å². The van der Waals surface area contributed by atoms with E-state index in [0.29, 0.717) is 5.92 Å². The number of nitrogens with one attached hydrogen (secondary N) is 1.